The van der Waals surface area contributed by atoms with E-state index in [1.807, 2.05) is 31.2 Å². The number of hydrogen-bond donors (Lipinski definition) is 1. The summed E-state index contributed by atoms with van der Waals surface area (Å²) in [5.74, 6) is -0.598. The first-order chi connectivity index (χ1) is 15.8. The number of amides is 2. The Labute approximate surface area is 203 Å². The van der Waals surface area contributed by atoms with Crippen LogP contribution >= 0.6 is 27.7 Å². The molecule has 0 unspecified atom stereocenters. The van der Waals surface area contributed by atoms with Gasteiger partial charge in [0.25, 0.3) is 5.82 Å². The van der Waals surface area contributed by atoms with Crippen molar-refractivity contribution in [3.8, 4) is 23.3 Å². The number of hydrogen-bond acceptors (Lipinski definition) is 6. The number of aromatic amines is 1. The van der Waals surface area contributed by atoms with Crippen molar-refractivity contribution in [2.75, 3.05) is 10.6 Å². The van der Waals surface area contributed by atoms with Crippen molar-refractivity contribution in [1.82, 2.24) is 0 Å². The van der Waals surface area contributed by atoms with E-state index in [9.17, 15) is 20.1 Å². The van der Waals surface area contributed by atoms with Crippen LogP contribution in [0.1, 0.15) is 23.1 Å². The van der Waals surface area contributed by atoms with E-state index < -0.39 is 5.25 Å². The lowest BCUT2D eigenvalue weighted by atomic mass is 9.96. The number of carbonyl (C=O) groups excluding carboxylic acids is 2. The Kier molecular flexibility index (Phi) is 6.19. The summed E-state index contributed by atoms with van der Waals surface area (Å²) >= 11 is 4.42. The van der Waals surface area contributed by atoms with Crippen LogP contribution < -0.4 is 15.6 Å². The van der Waals surface area contributed by atoms with Gasteiger partial charge >= 0.3 is 0 Å². The summed E-state index contributed by atoms with van der Waals surface area (Å²) in [6.45, 7) is 1.94. The Morgan fingerprint density at radius 1 is 1.06 bits per heavy atom. The molecule has 33 heavy (non-hydrogen) atoms. The van der Waals surface area contributed by atoms with Gasteiger partial charge in [0.05, 0.1) is 5.69 Å². The van der Waals surface area contributed by atoms with Crippen molar-refractivity contribution in [3.05, 3.63) is 69.7 Å². The first kappa shape index (κ1) is 22.5. The minimum absolute atomic E-state index is 0.0158. The number of carbonyl (C=O) groups is 2. The van der Waals surface area contributed by atoms with E-state index in [1.54, 1.807) is 24.3 Å². The van der Waals surface area contributed by atoms with Gasteiger partial charge in [0, 0.05) is 16.5 Å². The van der Waals surface area contributed by atoms with E-state index in [4.69, 9.17) is 5.73 Å². The molecule has 9 heteroatoms. The number of pyridine rings is 1. The van der Waals surface area contributed by atoms with E-state index in [-0.39, 0.29) is 35.2 Å². The maximum absolute atomic E-state index is 13.1. The molecule has 1 aliphatic rings. The predicted octanol–water partition coefficient (Wildman–Crippen LogP) is 3.99. The largest absolute Gasteiger partial charge is 0.289 e. The number of imide groups is 1. The Bertz CT molecular complexity index is 1360. The molecule has 0 bridgehead atoms. The number of nitriles is 2. The van der Waals surface area contributed by atoms with E-state index >= 15 is 0 Å². The van der Waals surface area contributed by atoms with Crippen LogP contribution in [0.15, 0.2) is 58.0 Å². The van der Waals surface area contributed by atoms with Gasteiger partial charge in [-0.1, -0.05) is 57.5 Å². The van der Waals surface area contributed by atoms with Crippen LogP contribution in [0.5, 0.6) is 0 Å². The summed E-state index contributed by atoms with van der Waals surface area (Å²) in [5.41, 5.74) is 9.08. The van der Waals surface area contributed by atoms with Crippen molar-refractivity contribution in [2.45, 2.75) is 23.6 Å². The Morgan fingerprint density at radius 3 is 2.30 bits per heavy atom. The quantitative estimate of drug-likeness (QED) is 0.520. The third-order valence-corrected chi connectivity index (χ3v) is 6.98. The number of nitrogens with zero attached hydrogens (tertiary/aromatic N) is 3. The van der Waals surface area contributed by atoms with Crippen LogP contribution in [-0.2, 0) is 9.59 Å². The molecule has 0 spiro atoms. The number of halogens is 1. The zero-order valence-electron chi connectivity index (χ0n) is 17.4. The highest BCUT2D eigenvalue weighted by Gasteiger charge is 2.41. The number of H-pyrrole nitrogens is 1. The summed E-state index contributed by atoms with van der Waals surface area (Å²) in [4.78, 5) is 29.8. The van der Waals surface area contributed by atoms with Crippen molar-refractivity contribution in [1.29, 1.82) is 10.5 Å². The topological polar surface area (TPSA) is 125 Å². The number of nitrogens with two attached hydrogens (primary N) is 1. The zero-order valence-corrected chi connectivity index (χ0v) is 19.8. The molecule has 2 aromatic carbocycles. The maximum Gasteiger partial charge on any atom is 0.289 e. The molecule has 4 rings (SSSR count). The molecule has 2 amide bonds. The minimum Gasteiger partial charge on any atom is -0.286 e. The highest BCUT2D eigenvalue weighted by Crippen LogP contribution is 2.38. The number of nitrogen functional groups attached to an aromatic ring is 1. The molecule has 0 aliphatic carbocycles. The van der Waals surface area contributed by atoms with Gasteiger partial charge in [-0.2, -0.15) is 10.5 Å². The van der Waals surface area contributed by atoms with Gasteiger partial charge in [-0.3, -0.25) is 15.3 Å². The average molecular weight is 519 g/mol. The Morgan fingerprint density at radius 2 is 1.70 bits per heavy atom. The molecule has 162 valence electrons. The number of thioether (sulfide) groups is 1. The SMILES string of the molecule is Cc1ccc(-c2c(C#N)c(N)[nH+]c(S[C@H]3CC(=O)N(c4ccc(Br)cc4)C3=O)c2C#N)cc1. The minimum atomic E-state index is -0.734. The van der Waals surface area contributed by atoms with E-state index in [0.717, 1.165) is 26.7 Å². The van der Waals surface area contributed by atoms with Crippen LogP contribution in [0, 0.1) is 29.6 Å². The molecule has 1 fully saturated rings. The molecule has 0 radical (unpaired) electrons. The highest BCUT2D eigenvalue weighted by molar-refractivity contribution is 9.10. The number of benzene rings is 2. The monoisotopic (exact) mass is 518 g/mol. The van der Waals surface area contributed by atoms with Gasteiger partial charge in [0.15, 0.2) is 5.03 Å². The fourth-order valence-corrected chi connectivity index (χ4v) is 5.06. The van der Waals surface area contributed by atoms with Gasteiger partial charge in [-0.25, -0.2) is 9.88 Å². The number of anilines is 2. The molecule has 3 N–H and O–H groups in total. The summed E-state index contributed by atoms with van der Waals surface area (Å²) in [6.07, 6.45) is -0.0158. The fraction of sp³-hybridized carbons (Fsp3) is 0.125. The fourth-order valence-electron chi connectivity index (χ4n) is 3.64. The van der Waals surface area contributed by atoms with Crippen molar-refractivity contribution in [2.24, 2.45) is 0 Å². The second-order valence-electron chi connectivity index (χ2n) is 7.44. The van der Waals surface area contributed by atoms with Crippen LogP contribution in [0.3, 0.4) is 0 Å². The summed E-state index contributed by atoms with van der Waals surface area (Å²) in [6, 6.07) is 18.5. The molecule has 1 saturated heterocycles. The van der Waals surface area contributed by atoms with Gasteiger partial charge in [0.2, 0.25) is 11.8 Å². The standard InChI is InChI=1S/C24H16BrN5O2S/c1-13-2-4-14(5-3-13)21-17(11-26)22(28)29-23(18(21)12-27)33-19-10-20(31)30(24(19)32)16-8-6-15(25)7-9-16/h2-9,19H,10H2,1H3,(H2,28,29)/p+1/t19-/m0/s1. The zero-order chi connectivity index (χ0) is 23.7. The molecule has 2 heterocycles. The van der Waals surface area contributed by atoms with Crippen molar-refractivity contribution in [3.63, 3.8) is 0 Å². The van der Waals surface area contributed by atoms with Crippen LogP contribution in [0.2, 0.25) is 0 Å². The first-order valence-corrected chi connectivity index (χ1v) is 11.6. The van der Waals surface area contributed by atoms with Crippen LogP contribution in [0.4, 0.5) is 11.5 Å². The Hall–Kier alpha value is -3.66. The molecular formula is C24H17BrN5O2S+. The third-order valence-electron chi connectivity index (χ3n) is 5.26. The van der Waals surface area contributed by atoms with Crippen LogP contribution in [0.25, 0.3) is 11.1 Å². The number of aryl methyl sites for hydroxylation is 1. The van der Waals surface area contributed by atoms with Gasteiger partial charge in [-0.15, -0.1) is 0 Å². The second-order valence-corrected chi connectivity index (χ2v) is 9.57. The first-order valence-electron chi connectivity index (χ1n) is 9.89. The summed E-state index contributed by atoms with van der Waals surface area (Å²) in [5, 5.41) is 19.3. The smallest absolute Gasteiger partial charge is 0.286 e. The predicted molar refractivity (Wildman–Crippen MR) is 128 cm³/mol. The number of aromatic nitrogens is 1. The summed E-state index contributed by atoms with van der Waals surface area (Å²) in [7, 11) is 0. The Balaban J connectivity index is 1.74. The van der Waals surface area contributed by atoms with E-state index in [1.165, 1.54) is 0 Å². The van der Waals surface area contributed by atoms with Crippen LogP contribution in [-0.4, -0.2) is 17.1 Å². The number of nitrogens with one attached hydrogen (secondary N) is 1. The van der Waals surface area contributed by atoms with Gasteiger partial charge in [0.1, 0.15) is 28.5 Å². The molecule has 7 nitrogen and oxygen atoms in total. The molecule has 0 saturated carbocycles. The molecule has 1 aromatic heterocycles. The second kappa shape index (κ2) is 9.07. The highest BCUT2D eigenvalue weighted by atomic mass is 79.9. The van der Waals surface area contributed by atoms with Gasteiger partial charge in [-0.05, 0) is 36.8 Å². The molecule has 1 atom stereocenters. The maximum atomic E-state index is 13.1. The van der Waals surface area contributed by atoms with Gasteiger partial charge < -0.3 is 0 Å². The number of rotatable bonds is 4. The normalized spacial score (nSPS) is 15.4. The lowest BCUT2D eigenvalue weighted by molar-refractivity contribution is -0.410. The summed E-state index contributed by atoms with van der Waals surface area (Å²) < 4.78 is 0.834. The van der Waals surface area contributed by atoms with Crippen molar-refractivity contribution < 1.29 is 14.6 Å². The molecule has 1 aliphatic heterocycles. The van der Waals surface area contributed by atoms with E-state index in [2.05, 4.69) is 33.1 Å². The third kappa shape index (κ3) is 4.21. The molecular weight excluding hydrogens is 502 g/mol. The lowest BCUT2D eigenvalue weighted by Gasteiger charge is -2.15. The molecule has 3 aromatic rings. The lowest BCUT2D eigenvalue weighted by Crippen LogP contribution is -2.31. The van der Waals surface area contributed by atoms with Crippen molar-refractivity contribution >= 4 is 51.0 Å². The van der Waals surface area contributed by atoms with E-state index in [0.29, 0.717) is 21.8 Å². The average Bonchev–Trinajstić information content (AvgIpc) is 3.07.